The molecule has 0 aliphatic carbocycles. The molecule has 64 heavy (non-hydrogen) atoms. The Morgan fingerprint density at radius 3 is 2.67 bits per heavy atom. The minimum absolute atomic E-state index is 0.187. The number of aromatic nitrogens is 4. The minimum atomic E-state index is -0.355. The lowest BCUT2D eigenvalue weighted by molar-refractivity contribution is -0.171. The number of benzene rings is 4. The first-order valence-corrected chi connectivity index (χ1v) is 24.6. The summed E-state index contributed by atoms with van der Waals surface area (Å²) >= 11 is 10.7. The van der Waals surface area contributed by atoms with E-state index in [1.807, 2.05) is 54.9 Å². The van der Waals surface area contributed by atoms with E-state index in [2.05, 4.69) is 52.3 Å². The quantitative estimate of drug-likeness (QED) is 0.0439. The fourth-order valence-electron chi connectivity index (χ4n) is 8.86. The van der Waals surface area contributed by atoms with Crippen molar-refractivity contribution in [3.63, 3.8) is 0 Å². The number of hydrogen-bond donors (Lipinski definition) is 0. The molecule has 1 fully saturated rings. The highest BCUT2D eigenvalue weighted by molar-refractivity contribution is 7.98. The summed E-state index contributed by atoms with van der Waals surface area (Å²) in [5.74, 6) is 4.14. The number of fused-ring (bicyclic) bond motifs is 3. The van der Waals surface area contributed by atoms with Crippen molar-refractivity contribution in [3.8, 4) is 22.6 Å². The maximum Gasteiger partial charge on any atom is 0.355 e. The van der Waals surface area contributed by atoms with Gasteiger partial charge in [0.2, 0.25) is 0 Å². The molecule has 1 unspecified atom stereocenters. The number of carbonyl (C=O) groups is 1. The summed E-state index contributed by atoms with van der Waals surface area (Å²) in [6, 6.07) is 26.8. The lowest BCUT2D eigenvalue weighted by atomic mass is 9.97. The van der Waals surface area contributed by atoms with E-state index in [-0.39, 0.29) is 18.9 Å². The van der Waals surface area contributed by atoms with Crippen LogP contribution in [0.1, 0.15) is 83.5 Å². The molecule has 4 aromatic carbocycles. The van der Waals surface area contributed by atoms with Crippen molar-refractivity contribution in [1.29, 1.82) is 0 Å². The first-order chi connectivity index (χ1) is 31.4. The maximum absolute atomic E-state index is 13.9. The first-order valence-electron chi connectivity index (χ1n) is 22.1. The Kier molecular flexibility index (Phi) is 14.2. The number of methoxy groups -OCH3 is 1. The molecule has 14 heteroatoms. The molecular formula is C50H53ClN4O7S2. The zero-order chi connectivity index (χ0) is 44.0. The highest BCUT2D eigenvalue weighted by Gasteiger charge is 2.30. The van der Waals surface area contributed by atoms with E-state index in [1.54, 1.807) is 30.6 Å². The van der Waals surface area contributed by atoms with Crippen LogP contribution < -0.4 is 9.47 Å². The van der Waals surface area contributed by atoms with Crippen molar-refractivity contribution in [3.05, 3.63) is 124 Å². The summed E-state index contributed by atoms with van der Waals surface area (Å²) in [6.07, 6.45) is 6.08. The van der Waals surface area contributed by atoms with E-state index in [4.69, 9.17) is 44.9 Å². The average Bonchev–Trinajstić information content (AvgIpc) is 4.11. The summed E-state index contributed by atoms with van der Waals surface area (Å²) in [7, 11) is 3.63. The second kappa shape index (κ2) is 20.5. The molecule has 2 aliphatic heterocycles. The number of ether oxygens (including phenoxy) is 5. The molecule has 0 saturated carbocycles. The van der Waals surface area contributed by atoms with Crippen LogP contribution in [-0.2, 0) is 64.5 Å². The Morgan fingerprint density at radius 1 is 0.969 bits per heavy atom. The molecule has 9 rings (SSSR count). The number of aryl methyl sites for hydroxylation is 3. The van der Waals surface area contributed by atoms with Gasteiger partial charge in [-0.05, 0) is 98.7 Å². The maximum atomic E-state index is 13.9. The molecule has 0 bridgehead atoms. The van der Waals surface area contributed by atoms with Gasteiger partial charge in [-0.25, -0.2) is 4.79 Å². The van der Waals surface area contributed by atoms with Gasteiger partial charge in [0.15, 0.2) is 12.1 Å². The molecule has 1 saturated heterocycles. The molecular weight excluding hydrogens is 868 g/mol. The summed E-state index contributed by atoms with van der Waals surface area (Å²) in [6.45, 7) is 4.48. The van der Waals surface area contributed by atoms with Crippen molar-refractivity contribution in [2.45, 2.75) is 93.5 Å². The highest BCUT2D eigenvalue weighted by Crippen LogP contribution is 2.44. The molecule has 5 heterocycles. The molecule has 0 radical (unpaired) electrons. The number of nitrogens with zero attached hydrogens (tertiary/aromatic N) is 4. The molecule has 0 spiro atoms. The Balaban J connectivity index is 0.946. The Labute approximate surface area is 387 Å². The van der Waals surface area contributed by atoms with Gasteiger partial charge in [-0.15, -0.1) is 23.5 Å². The third kappa shape index (κ3) is 9.69. The number of thioether (sulfide) groups is 2. The van der Waals surface area contributed by atoms with E-state index in [0.29, 0.717) is 54.0 Å². The van der Waals surface area contributed by atoms with Crippen LogP contribution in [-0.4, -0.2) is 58.7 Å². The van der Waals surface area contributed by atoms with Gasteiger partial charge in [0.1, 0.15) is 23.8 Å². The van der Waals surface area contributed by atoms with Gasteiger partial charge in [0.25, 0.3) is 0 Å². The summed E-state index contributed by atoms with van der Waals surface area (Å²) < 4.78 is 39.0. The van der Waals surface area contributed by atoms with Crippen molar-refractivity contribution in [1.82, 2.24) is 19.5 Å². The predicted molar refractivity (Wildman–Crippen MR) is 254 cm³/mol. The fourth-order valence-corrected chi connectivity index (χ4v) is 10.9. The van der Waals surface area contributed by atoms with Crippen LogP contribution in [0.15, 0.2) is 88.3 Å². The normalized spacial score (nSPS) is 15.0. The van der Waals surface area contributed by atoms with Crippen LogP contribution in [0.25, 0.3) is 32.8 Å². The van der Waals surface area contributed by atoms with E-state index in [0.717, 1.165) is 117 Å². The summed E-state index contributed by atoms with van der Waals surface area (Å²) in [5, 5.41) is 13.2. The van der Waals surface area contributed by atoms with Crippen LogP contribution in [0.5, 0.6) is 11.5 Å². The van der Waals surface area contributed by atoms with Gasteiger partial charge in [0.05, 0.1) is 42.3 Å². The predicted octanol–water partition coefficient (Wildman–Crippen LogP) is 11.7. The highest BCUT2D eigenvalue weighted by atomic mass is 35.5. The zero-order valence-electron chi connectivity index (χ0n) is 36.5. The minimum Gasteiger partial charge on any atom is -0.497 e. The third-order valence-corrected chi connectivity index (χ3v) is 14.2. The van der Waals surface area contributed by atoms with Gasteiger partial charge < -0.3 is 32.8 Å². The average molecular weight is 922 g/mol. The SMILES string of the molecule is CCOC(=O)c1c(CCCOc2cc(SCc3ccc(OC)cc3)cc3ccccc23)c2ccc(Cl)c(-c3c(CSCc4cc(COC5CCCCO5)on4)nn4c3CCC4)c2n1C. The Morgan fingerprint density at radius 2 is 1.84 bits per heavy atom. The second-order valence-corrected chi connectivity index (χ2v) is 18.6. The number of halogens is 1. The molecule has 1 atom stereocenters. The van der Waals surface area contributed by atoms with E-state index in [1.165, 1.54) is 11.3 Å². The first kappa shape index (κ1) is 44.3. The third-order valence-electron chi connectivity index (χ3n) is 11.9. The van der Waals surface area contributed by atoms with Gasteiger partial charge in [-0.3, -0.25) is 4.68 Å². The molecule has 0 amide bonds. The molecule has 11 nitrogen and oxygen atoms in total. The van der Waals surface area contributed by atoms with Crippen molar-refractivity contribution >= 4 is 62.8 Å². The monoisotopic (exact) mass is 920 g/mol. The van der Waals surface area contributed by atoms with Gasteiger partial charge in [-0.2, -0.15) is 5.10 Å². The molecule has 3 aromatic heterocycles. The molecule has 334 valence electrons. The largest absolute Gasteiger partial charge is 0.497 e. The number of rotatable bonds is 19. The lowest BCUT2D eigenvalue weighted by Gasteiger charge is -2.21. The van der Waals surface area contributed by atoms with Gasteiger partial charge in [0, 0.05) is 76.0 Å². The van der Waals surface area contributed by atoms with E-state index >= 15 is 0 Å². The molecule has 0 N–H and O–H groups in total. The smallest absolute Gasteiger partial charge is 0.355 e. The Bertz CT molecular complexity index is 2740. The summed E-state index contributed by atoms with van der Waals surface area (Å²) in [5.41, 5.74) is 8.49. The number of carbonyl (C=O) groups excluding carboxylic acids is 1. The standard InChI is InChI=1S/C50H53ClN4O7S2/c1-4-58-50(56)49-39(13-10-24-59-44-27-37(25-33-11-5-6-12-38(33)44)64-29-32-16-18-35(57-3)19-17-32)40-20-21-41(51)46(48(40)54(49)2)47-42(52-55-22-9-14-43(47)55)31-63-30-34-26-36(62-53-34)28-61-45-15-7-8-23-60-45/h5-6,11-12,16-21,25-27,45H,4,7-10,13-15,22-24,28-31H2,1-3H3. The number of hydrogen-bond acceptors (Lipinski definition) is 11. The second-order valence-electron chi connectivity index (χ2n) is 16.1. The zero-order valence-corrected chi connectivity index (χ0v) is 38.9. The van der Waals surface area contributed by atoms with E-state index in [9.17, 15) is 4.79 Å². The van der Waals surface area contributed by atoms with Crippen LogP contribution in [0, 0.1) is 0 Å². The van der Waals surface area contributed by atoms with Crippen molar-refractivity contribution < 1.29 is 33.0 Å². The fraction of sp³-hybridized carbons (Fsp3) is 0.380. The molecule has 2 aliphatic rings. The topological polar surface area (TPSA) is 112 Å². The molecule has 7 aromatic rings. The lowest BCUT2D eigenvalue weighted by Crippen LogP contribution is -2.21. The Hall–Kier alpha value is -4.92. The van der Waals surface area contributed by atoms with Gasteiger partial charge in [-0.1, -0.05) is 59.2 Å². The van der Waals surface area contributed by atoms with Crippen LogP contribution in [0.4, 0.5) is 0 Å². The van der Waals surface area contributed by atoms with Crippen molar-refractivity contribution in [2.75, 3.05) is 26.9 Å². The van der Waals surface area contributed by atoms with Crippen molar-refractivity contribution in [2.24, 2.45) is 7.05 Å². The van der Waals surface area contributed by atoms with Crippen LogP contribution in [0.3, 0.4) is 0 Å². The van der Waals surface area contributed by atoms with Gasteiger partial charge >= 0.3 is 5.97 Å². The van der Waals surface area contributed by atoms with Crippen LogP contribution in [0.2, 0.25) is 5.02 Å². The number of esters is 1. The summed E-state index contributed by atoms with van der Waals surface area (Å²) in [4.78, 5) is 15.0. The van der Waals surface area contributed by atoms with Crippen LogP contribution >= 0.6 is 35.1 Å². The van der Waals surface area contributed by atoms with E-state index < -0.39 is 0 Å².